The van der Waals surface area contributed by atoms with Gasteiger partial charge in [0.1, 0.15) is 0 Å². The van der Waals surface area contributed by atoms with Crippen LogP contribution >= 0.6 is 0 Å². The van der Waals surface area contributed by atoms with Crippen LogP contribution in [-0.2, 0) is 32.7 Å². The van der Waals surface area contributed by atoms with Crippen molar-refractivity contribution in [2.45, 2.75) is 52.4 Å². The molecule has 1 aliphatic carbocycles. The van der Waals surface area contributed by atoms with E-state index >= 15 is 0 Å². The Morgan fingerprint density at radius 3 is 2.18 bits per heavy atom. The molecule has 1 saturated carbocycles. The van der Waals surface area contributed by atoms with Crippen molar-refractivity contribution in [2.75, 3.05) is 0 Å². The summed E-state index contributed by atoms with van der Waals surface area (Å²) in [6.07, 6.45) is 8.67. The van der Waals surface area contributed by atoms with Crippen molar-refractivity contribution in [3.63, 3.8) is 0 Å². The molecule has 1 aliphatic rings. The van der Waals surface area contributed by atoms with E-state index in [4.69, 9.17) is 0 Å². The molecule has 1 fully saturated rings. The van der Waals surface area contributed by atoms with E-state index in [2.05, 4.69) is 13.8 Å². The molecule has 0 aromatic carbocycles. The fourth-order valence-corrected chi connectivity index (χ4v) is 1.88. The predicted molar refractivity (Wildman–Crippen MR) is 45.8 cm³/mol. The van der Waals surface area contributed by atoms with Crippen LogP contribution in [0.3, 0.4) is 0 Å². The van der Waals surface area contributed by atoms with Gasteiger partial charge in [0, 0.05) is 32.7 Å². The van der Waals surface area contributed by atoms with Crippen molar-refractivity contribution < 1.29 is 32.7 Å². The van der Waals surface area contributed by atoms with Gasteiger partial charge in [-0.25, -0.2) is 0 Å². The van der Waals surface area contributed by atoms with Gasteiger partial charge in [0.25, 0.3) is 0 Å². The van der Waals surface area contributed by atoms with E-state index in [0.717, 1.165) is 5.92 Å². The predicted octanol–water partition coefficient (Wildman–Crippen LogP) is 3.57. The molecule has 63 valence electrons. The van der Waals surface area contributed by atoms with Gasteiger partial charge in [-0.3, -0.25) is 0 Å². The van der Waals surface area contributed by atoms with Crippen LogP contribution in [-0.4, -0.2) is 0 Å². The molecule has 1 radical (unpaired) electrons. The van der Waals surface area contributed by atoms with Gasteiger partial charge in [0.15, 0.2) is 0 Å². The van der Waals surface area contributed by atoms with E-state index in [-0.39, 0.29) is 32.7 Å². The Hall–Kier alpha value is 1.10. The van der Waals surface area contributed by atoms with Gasteiger partial charge in [0.05, 0.1) is 0 Å². The molecule has 0 spiro atoms. The van der Waals surface area contributed by atoms with Crippen molar-refractivity contribution in [3.05, 3.63) is 5.92 Å². The first kappa shape index (κ1) is 12.1. The molecule has 0 heterocycles. The second-order valence-corrected chi connectivity index (χ2v) is 3.53. The van der Waals surface area contributed by atoms with Crippen molar-refractivity contribution in [1.82, 2.24) is 0 Å². The average Bonchev–Trinajstić information content (AvgIpc) is 2.05. The van der Waals surface area contributed by atoms with E-state index in [1.807, 2.05) is 0 Å². The summed E-state index contributed by atoms with van der Waals surface area (Å²) in [5, 5.41) is 0. The maximum Gasteiger partial charge on any atom is 0 e. The van der Waals surface area contributed by atoms with Crippen molar-refractivity contribution in [2.24, 2.45) is 5.92 Å². The third-order valence-corrected chi connectivity index (χ3v) is 2.86. The Morgan fingerprint density at radius 1 is 1.18 bits per heavy atom. The summed E-state index contributed by atoms with van der Waals surface area (Å²) in [7, 11) is 0. The number of rotatable bonds is 2. The topological polar surface area (TPSA) is 0 Å². The van der Waals surface area contributed by atoms with Crippen molar-refractivity contribution in [3.8, 4) is 0 Å². The Bertz CT molecular complexity index is 84.9. The van der Waals surface area contributed by atoms with Gasteiger partial charge in [-0.15, -0.1) is 0 Å². The van der Waals surface area contributed by atoms with Gasteiger partial charge < -0.3 is 5.92 Å². The summed E-state index contributed by atoms with van der Waals surface area (Å²) >= 11 is 0. The zero-order chi connectivity index (χ0) is 7.40. The zero-order valence-electron chi connectivity index (χ0n) is 7.90. The minimum atomic E-state index is 0. The fourth-order valence-electron chi connectivity index (χ4n) is 1.88. The Morgan fingerprint density at radius 2 is 1.73 bits per heavy atom. The van der Waals surface area contributed by atoms with Gasteiger partial charge >= 0.3 is 0 Å². The van der Waals surface area contributed by atoms with Crippen LogP contribution in [0.4, 0.5) is 0 Å². The molecule has 1 heteroatoms. The third kappa shape index (κ3) is 4.03. The molecule has 0 aliphatic heterocycles. The third-order valence-electron chi connectivity index (χ3n) is 2.86. The van der Waals surface area contributed by atoms with E-state index in [1.165, 1.54) is 38.5 Å². The van der Waals surface area contributed by atoms with Crippen molar-refractivity contribution >= 4 is 0 Å². The normalized spacial score (nSPS) is 19.9. The zero-order valence-corrected chi connectivity index (χ0v) is 10.7. The van der Waals surface area contributed by atoms with Gasteiger partial charge in [-0.2, -0.15) is 19.3 Å². The monoisotopic (exact) mass is 228 g/mol. The molecule has 0 aromatic heterocycles. The molecule has 0 atom stereocenters. The van der Waals surface area contributed by atoms with Crippen LogP contribution in [0.2, 0.25) is 0 Å². The molecular formula is C10H19Y-. The van der Waals surface area contributed by atoms with E-state index in [9.17, 15) is 0 Å². The Balaban J connectivity index is 0.000001000. The van der Waals surface area contributed by atoms with Crippen molar-refractivity contribution in [1.29, 1.82) is 0 Å². The molecule has 0 saturated heterocycles. The van der Waals surface area contributed by atoms with Gasteiger partial charge in [-0.1, -0.05) is 39.0 Å². The van der Waals surface area contributed by atoms with Gasteiger partial charge in [-0.05, 0) is 0 Å². The summed E-state index contributed by atoms with van der Waals surface area (Å²) < 4.78 is 0. The molecule has 11 heavy (non-hydrogen) atoms. The van der Waals surface area contributed by atoms with E-state index < -0.39 is 0 Å². The minimum Gasteiger partial charge on any atom is -0.314 e. The average molecular weight is 228 g/mol. The smallest absolute Gasteiger partial charge is 0 e. The van der Waals surface area contributed by atoms with E-state index in [1.54, 1.807) is 5.92 Å². The number of hydrogen-bond donors (Lipinski definition) is 0. The van der Waals surface area contributed by atoms with E-state index in [0.29, 0.717) is 0 Å². The molecule has 0 N–H and O–H groups in total. The maximum absolute atomic E-state index is 2.33. The summed E-state index contributed by atoms with van der Waals surface area (Å²) in [5.74, 6) is 2.72. The largest absolute Gasteiger partial charge is 0.314 e. The SMILES string of the molecule is CC[C-](C)C1CCCCC1.[Y]. The second-order valence-electron chi connectivity index (χ2n) is 3.53. The first-order chi connectivity index (χ1) is 4.84. The second kappa shape index (κ2) is 6.60. The maximum atomic E-state index is 2.33. The fraction of sp³-hybridized carbons (Fsp3) is 0.900. The molecule has 1 rings (SSSR count). The first-order valence-corrected chi connectivity index (χ1v) is 4.67. The first-order valence-electron chi connectivity index (χ1n) is 4.67. The summed E-state index contributed by atoms with van der Waals surface area (Å²) in [4.78, 5) is 0. The van der Waals surface area contributed by atoms with Gasteiger partial charge in [0.2, 0.25) is 0 Å². The Kier molecular flexibility index (Phi) is 7.26. The summed E-state index contributed by atoms with van der Waals surface area (Å²) in [6, 6.07) is 0. The molecule has 0 amide bonds. The van der Waals surface area contributed by atoms with Crippen LogP contribution in [0.25, 0.3) is 0 Å². The molecular weight excluding hydrogens is 209 g/mol. The Labute approximate surface area is 96.4 Å². The van der Waals surface area contributed by atoms with Crippen LogP contribution in [0, 0.1) is 11.8 Å². The molecule has 0 unspecified atom stereocenters. The van der Waals surface area contributed by atoms with Crippen LogP contribution < -0.4 is 0 Å². The summed E-state index contributed by atoms with van der Waals surface area (Å²) in [6.45, 7) is 4.61. The number of hydrogen-bond acceptors (Lipinski definition) is 0. The molecule has 0 aromatic rings. The van der Waals surface area contributed by atoms with Crippen LogP contribution in [0.15, 0.2) is 0 Å². The quantitative estimate of drug-likeness (QED) is 0.634. The van der Waals surface area contributed by atoms with Crippen LogP contribution in [0.1, 0.15) is 52.4 Å². The van der Waals surface area contributed by atoms with Crippen LogP contribution in [0.5, 0.6) is 0 Å². The molecule has 0 nitrogen and oxygen atoms in total. The standard InChI is InChI=1S/C10H19.Y/c1-3-9(2)10-7-5-4-6-8-10;/h10H,3-8H2,1-2H3;/q-1;. The molecule has 0 bridgehead atoms. The summed E-state index contributed by atoms with van der Waals surface area (Å²) in [5.41, 5.74) is 0. The minimum absolute atomic E-state index is 0.